The van der Waals surface area contributed by atoms with Crippen molar-refractivity contribution in [2.75, 3.05) is 17.1 Å². The largest absolute Gasteiger partial charge is 0.386 e. The SMILES string of the molecule is CNc1cccnc1S(=O)(=O)Nc1cnccn1. The lowest BCUT2D eigenvalue weighted by molar-refractivity contribution is 0.598. The third kappa shape index (κ3) is 2.54. The summed E-state index contributed by atoms with van der Waals surface area (Å²) < 4.78 is 26.5. The monoisotopic (exact) mass is 265 g/mol. The third-order valence-electron chi connectivity index (χ3n) is 2.10. The van der Waals surface area contributed by atoms with Gasteiger partial charge in [-0.05, 0) is 12.1 Å². The topological polar surface area (TPSA) is 96.9 Å². The number of rotatable bonds is 4. The summed E-state index contributed by atoms with van der Waals surface area (Å²) in [6.07, 6.45) is 5.58. The maximum absolute atomic E-state index is 12.1. The molecule has 0 atom stereocenters. The van der Waals surface area contributed by atoms with Gasteiger partial charge in [-0.3, -0.25) is 9.71 Å². The molecule has 2 rings (SSSR count). The molecule has 0 saturated carbocycles. The molecule has 0 saturated heterocycles. The van der Waals surface area contributed by atoms with E-state index in [0.29, 0.717) is 5.69 Å². The van der Waals surface area contributed by atoms with E-state index in [1.165, 1.54) is 24.8 Å². The Morgan fingerprint density at radius 1 is 1.17 bits per heavy atom. The van der Waals surface area contributed by atoms with Crippen LogP contribution in [0.4, 0.5) is 11.5 Å². The molecular weight excluding hydrogens is 254 g/mol. The van der Waals surface area contributed by atoms with Gasteiger partial charge in [0.25, 0.3) is 10.0 Å². The number of aromatic nitrogens is 3. The molecule has 94 valence electrons. The standard InChI is InChI=1S/C10H11N5O2S/c1-11-8-3-2-4-14-10(8)18(16,17)15-9-7-12-5-6-13-9/h2-7,11H,1H3,(H,13,15). The first-order valence-electron chi connectivity index (χ1n) is 5.05. The molecule has 0 aromatic carbocycles. The maximum atomic E-state index is 12.1. The molecule has 7 nitrogen and oxygen atoms in total. The quantitative estimate of drug-likeness (QED) is 0.845. The molecule has 0 radical (unpaired) electrons. The van der Waals surface area contributed by atoms with Crippen molar-refractivity contribution < 1.29 is 8.42 Å². The fourth-order valence-corrected chi connectivity index (χ4v) is 2.47. The summed E-state index contributed by atoms with van der Waals surface area (Å²) in [7, 11) is -2.16. The van der Waals surface area contributed by atoms with Crippen molar-refractivity contribution in [1.82, 2.24) is 15.0 Å². The molecule has 18 heavy (non-hydrogen) atoms. The molecule has 2 aromatic rings. The van der Waals surface area contributed by atoms with Crippen LogP contribution >= 0.6 is 0 Å². The molecular formula is C10H11N5O2S. The van der Waals surface area contributed by atoms with Gasteiger partial charge in [0.1, 0.15) is 0 Å². The Balaban J connectivity index is 2.37. The van der Waals surface area contributed by atoms with Crippen molar-refractivity contribution in [2.24, 2.45) is 0 Å². The van der Waals surface area contributed by atoms with E-state index < -0.39 is 10.0 Å². The predicted molar refractivity (Wildman–Crippen MR) is 66.6 cm³/mol. The molecule has 0 amide bonds. The zero-order valence-electron chi connectivity index (χ0n) is 9.53. The number of sulfonamides is 1. The highest BCUT2D eigenvalue weighted by Crippen LogP contribution is 2.19. The molecule has 2 heterocycles. The minimum absolute atomic E-state index is 0.0850. The van der Waals surface area contributed by atoms with E-state index >= 15 is 0 Å². The Morgan fingerprint density at radius 2 is 2.00 bits per heavy atom. The van der Waals surface area contributed by atoms with Gasteiger partial charge in [-0.1, -0.05) is 0 Å². The van der Waals surface area contributed by atoms with Crippen molar-refractivity contribution in [3.05, 3.63) is 36.9 Å². The van der Waals surface area contributed by atoms with Crippen molar-refractivity contribution in [2.45, 2.75) is 5.03 Å². The summed E-state index contributed by atoms with van der Waals surface area (Å²) in [6, 6.07) is 3.27. The lowest BCUT2D eigenvalue weighted by atomic mass is 10.4. The highest BCUT2D eigenvalue weighted by atomic mass is 32.2. The lowest BCUT2D eigenvalue weighted by Crippen LogP contribution is -2.17. The Kier molecular flexibility index (Phi) is 3.38. The van der Waals surface area contributed by atoms with E-state index in [2.05, 4.69) is 25.0 Å². The average molecular weight is 265 g/mol. The van der Waals surface area contributed by atoms with E-state index in [0.717, 1.165) is 0 Å². The first-order valence-corrected chi connectivity index (χ1v) is 6.53. The fourth-order valence-electron chi connectivity index (χ4n) is 1.33. The van der Waals surface area contributed by atoms with Gasteiger partial charge in [0.15, 0.2) is 10.8 Å². The van der Waals surface area contributed by atoms with Gasteiger partial charge in [-0.15, -0.1) is 0 Å². The lowest BCUT2D eigenvalue weighted by Gasteiger charge is -2.09. The van der Waals surface area contributed by atoms with Gasteiger partial charge in [0.05, 0.1) is 11.9 Å². The van der Waals surface area contributed by atoms with E-state index in [1.807, 2.05) is 0 Å². The third-order valence-corrected chi connectivity index (χ3v) is 3.41. The first kappa shape index (κ1) is 12.2. The zero-order chi connectivity index (χ0) is 13.0. The van der Waals surface area contributed by atoms with Gasteiger partial charge in [-0.2, -0.15) is 8.42 Å². The van der Waals surface area contributed by atoms with Gasteiger partial charge < -0.3 is 5.32 Å². The van der Waals surface area contributed by atoms with Crippen LogP contribution in [0.5, 0.6) is 0 Å². The van der Waals surface area contributed by atoms with Crippen LogP contribution in [0.1, 0.15) is 0 Å². The minimum Gasteiger partial charge on any atom is -0.386 e. The fraction of sp³-hybridized carbons (Fsp3) is 0.100. The summed E-state index contributed by atoms with van der Waals surface area (Å²) in [4.78, 5) is 11.5. The highest BCUT2D eigenvalue weighted by Gasteiger charge is 2.20. The van der Waals surface area contributed by atoms with Crippen LogP contribution in [0.25, 0.3) is 0 Å². The Morgan fingerprint density at radius 3 is 2.67 bits per heavy atom. The summed E-state index contributed by atoms with van der Waals surface area (Å²) in [5.41, 5.74) is 0.411. The number of anilines is 2. The maximum Gasteiger partial charge on any atom is 0.282 e. The molecule has 0 aliphatic carbocycles. The number of nitrogens with zero attached hydrogens (tertiary/aromatic N) is 3. The molecule has 0 fully saturated rings. The van der Waals surface area contributed by atoms with Crippen LogP contribution in [-0.2, 0) is 10.0 Å². The van der Waals surface area contributed by atoms with Crippen LogP contribution in [-0.4, -0.2) is 30.4 Å². The van der Waals surface area contributed by atoms with Crippen LogP contribution in [0.15, 0.2) is 41.9 Å². The second-order valence-electron chi connectivity index (χ2n) is 3.30. The van der Waals surface area contributed by atoms with Crippen LogP contribution < -0.4 is 10.0 Å². The summed E-state index contributed by atoms with van der Waals surface area (Å²) in [6.45, 7) is 0. The molecule has 0 spiro atoms. The number of nitrogens with one attached hydrogen (secondary N) is 2. The predicted octanol–water partition coefficient (Wildman–Crippen LogP) is 0.714. The molecule has 0 unspecified atom stereocenters. The smallest absolute Gasteiger partial charge is 0.282 e. The number of hydrogen-bond donors (Lipinski definition) is 2. The molecule has 2 aromatic heterocycles. The zero-order valence-corrected chi connectivity index (χ0v) is 10.3. The molecule has 0 aliphatic rings. The molecule has 2 N–H and O–H groups in total. The van der Waals surface area contributed by atoms with Crippen molar-refractivity contribution >= 4 is 21.5 Å². The highest BCUT2D eigenvalue weighted by molar-refractivity contribution is 7.92. The average Bonchev–Trinajstić information content (AvgIpc) is 2.39. The summed E-state index contributed by atoms with van der Waals surface area (Å²) in [5, 5.41) is 2.68. The van der Waals surface area contributed by atoms with Gasteiger partial charge >= 0.3 is 0 Å². The van der Waals surface area contributed by atoms with Gasteiger partial charge in [0, 0.05) is 25.6 Å². The summed E-state index contributed by atoms with van der Waals surface area (Å²) in [5.74, 6) is 0.144. The van der Waals surface area contributed by atoms with Crippen molar-refractivity contribution in [3.8, 4) is 0 Å². The summed E-state index contributed by atoms with van der Waals surface area (Å²) >= 11 is 0. The normalized spacial score (nSPS) is 10.9. The molecule has 8 heteroatoms. The van der Waals surface area contributed by atoms with Crippen LogP contribution in [0.3, 0.4) is 0 Å². The van der Waals surface area contributed by atoms with E-state index in [9.17, 15) is 8.42 Å². The van der Waals surface area contributed by atoms with Crippen molar-refractivity contribution in [1.29, 1.82) is 0 Å². The Labute approximate surface area is 104 Å². The van der Waals surface area contributed by atoms with Crippen molar-refractivity contribution in [3.63, 3.8) is 0 Å². The van der Waals surface area contributed by atoms with E-state index in [4.69, 9.17) is 0 Å². The van der Waals surface area contributed by atoms with E-state index in [1.54, 1.807) is 19.2 Å². The molecule has 0 bridgehead atoms. The second kappa shape index (κ2) is 4.96. The van der Waals surface area contributed by atoms with Gasteiger partial charge in [-0.25, -0.2) is 9.97 Å². The second-order valence-corrected chi connectivity index (χ2v) is 4.90. The first-order chi connectivity index (χ1) is 8.63. The van der Waals surface area contributed by atoms with Gasteiger partial charge in [0.2, 0.25) is 0 Å². The molecule has 0 aliphatic heterocycles. The van der Waals surface area contributed by atoms with Crippen LogP contribution in [0.2, 0.25) is 0 Å². The Bertz CT molecular complexity index is 630. The Hall–Kier alpha value is -2.22. The number of hydrogen-bond acceptors (Lipinski definition) is 6. The van der Waals surface area contributed by atoms with E-state index in [-0.39, 0.29) is 10.8 Å². The minimum atomic E-state index is -3.78. The van der Waals surface area contributed by atoms with Crippen LogP contribution in [0, 0.1) is 0 Å². The number of pyridine rings is 1.